The van der Waals surface area contributed by atoms with E-state index in [0.717, 1.165) is 19.4 Å². The number of anilines is 3. The first-order valence-electron chi connectivity index (χ1n) is 11.2. The summed E-state index contributed by atoms with van der Waals surface area (Å²) in [5, 5.41) is 23.0. The van der Waals surface area contributed by atoms with E-state index >= 15 is 0 Å². The van der Waals surface area contributed by atoms with Crippen molar-refractivity contribution in [3.05, 3.63) is 76.3 Å². The van der Waals surface area contributed by atoms with Crippen molar-refractivity contribution in [1.29, 1.82) is 5.26 Å². The summed E-state index contributed by atoms with van der Waals surface area (Å²) in [5.41, 5.74) is 3.83. The molecule has 1 atom stereocenters. The van der Waals surface area contributed by atoms with Crippen molar-refractivity contribution in [2.75, 3.05) is 16.8 Å². The van der Waals surface area contributed by atoms with Crippen molar-refractivity contribution < 1.29 is 9.50 Å². The Morgan fingerprint density at radius 2 is 2.00 bits per heavy atom. The molecule has 4 heterocycles. The number of rotatable bonds is 6. The topological polar surface area (TPSA) is 111 Å². The van der Waals surface area contributed by atoms with Crippen LogP contribution < -0.4 is 10.2 Å². The second kappa shape index (κ2) is 9.74. The van der Waals surface area contributed by atoms with E-state index in [4.69, 9.17) is 15.2 Å². The molecule has 2 N–H and O–H groups in total. The van der Waals surface area contributed by atoms with Crippen LogP contribution in [0.4, 0.5) is 21.3 Å². The smallest absolute Gasteiger partial charge is 0.228 e. The highest BCUT2D eigenvalue weighted by molar-refractivity contribution is 7.16. The molecule has 8 nitrogen and oxygen atoms in total. The van der Waals surface area contributed by atoms with Crippen molar-refractivity contribution in [3.63, 3.8) is 0 Å². The molecule has 1 unspecified atom stereocenters. The second-order valence-electron chi connectivity index (χ2n) is 8.26. The third kappa shape index (κ3) is 4.69. The summed E-state index contributed by atoms with van der Waals surface area (Å²) in [6.07, 6.45) is 4.82. The van der Waals surface area contributed by atoms with Gasteiger partial charge in [-0.15, -0.1) is 0 Å². The standard InChI is InChI=1S/C25H22FN7OS/c1-15-4-6-16(7-5-15)20-3-2-10-33(20)24-30-22(17-8-9-21(26)28-12-17)19(14-34)23(31-24)32-25-29-13-18(11-27)35-25/h4-9,12-13,20,34H,2-3,10,14H2,1H3,(H,29,30,31,32). The number of aromatic nitrogens is 4. The fourth-order valence-corrected chi connectivity index (χ4v) is 4.85. The van der Waals surface area contributed by atoms with Crippen LogP contribution in [0.1, 0.15) is 40.5 Å². The SMILES string of the molecule is Cc1ccc(C2CCCN2c2nc(Nc3ncc(C#N)s3)c(CO)c(-c3ccc(F)nc3)n2)cc1. The molecule has 0 amide bonds. The van der Waals surface area contributed by atoms with Crippen molar-refractivity contribution in [1.82, 2.24) is 19.9 Å². The van der Waals surface area contributed by atoms with Crippen LogP contribution in [0.25, 0.3) is 11.3 Å². The Balaban J connectivity index is 1.62. The van der Waals surface area contributed by atoms with E-state index < -0.39 is 5.95 Å². The molecule has 176 valence electrons. The van der Waals surface area contributed by atoms with E-state index in [9.17, 15) is 9.50 Å². The maximum Gasteiger partial charge on any atom is 0.228 e. The Morgan fingerprint density at radius 1 is 1.17 bits per heavy atom. The Kier molecular flexibility index (Phi) is 6.35. The lowest BCUT2D eigenvalue weighted by atomic mass is 10.0. The zero-order valence-corrected chi connectivity index (χ0v) is 19.8. The average Bonchev–Trinajstić information content (AvgIpc) is 3.54. The van der Waals surface area contributed by atoms with Gasteiger partial charge in [0, 0.05) is 23.9 Å². The number of aryl methyl sites for hydroxylation is 1. The van der Waals surface area contributed by atoms with Gasteiger partial charge in [0.2, 0.25) is 11.9 Å². The van der Waals surface area contributed by atoms with Crippen LogP contribution in [0, 0.1) is 24.2 Å². The van der Waals surface area contributed by atoms with Crippen LogP contribution in [0.2, 0.25) is 0 Å². The molecule has 0 saturated carbocycles. The van der Waals surface area contributed by atoms with E-state index in [0.29, 0.717) is 38.6 Å². The Hall–Kier alpha value is -3.94. The summed E-state index contributed by atoms with van der Waals surface area (Å²) in [4.78, 5) is 20.2. The van der Waals surface area contributed by atoms with Gasteiger partial charge in [-0.2, -0.15) is 14.6 Å². The number of aliphatic hydroxyl groups excluding tert-OH is 1. The summed E-state index contributed by atoms with van der Waals surface area (Å²) in [6.45, 7) is 2.48. The number of nitrogens with one attached hydrogen (secondary N) is 1. The summed E-state index contributed by atoms with van der Waals surface area (Å²) in [7, 11) is 0. The minimum absolute atomic E-state index is 0.104. The van der Waals surface area contributed by atoms with Gasteiger partial charge >= 0.3 is 0 Å². The molecular formula is C25H22FN7OS. The third-order valence-corrected chi connectivity index (χ3v) is 6.78. The molecule has 0 aliphatic carbocycles. The molecule has 35 heavy (non-hydrogen) atoms. The van der Waals surface area contributed by atoms with E-state index in [2.05, 4.69) is 57.4 Å². The van der Waals surface area contributed by atoms with E-state index in [-0.39, 0.29) is 12.6 Å². The molecular weight excluding hydrogens is 465 g/mol. The van der Waals surface area contributed by atoms with Gasteiger partial charge in [-0.25, -0.2) is 15.0 Å². The molecule has 10 heteroatoms. The number of halogens is 1. The monoisotopic (exact) mass is 487 g/mol. The number of pyridine rings is 1. The first kappa shape index (κ1) is 22.8. The van der Waals surface area contributed by atoms with Gasteiger partial charge in [0.1, 0.15) is 16.8 Å². The maximum atomic E-state index is 13.5. The fraction of sp³-hybridized carbons (Fsp3) is 0.240. The van der Waals surface area contributed by atoms with Crippen LogP contribution >= 0.6 is 11.3 Å². The zero-order valence-electron chi connectivity index (χ0n) is 18.9. The zero-order chi connectivity index (χ0) is 24.4. The van der Waals surface area contributed by atoms with Crippen LogP contribution in [0.3, 0.4) is 0 Å². The van der Waals surface area contributed by atoms with Crippen molar-refractivity contribution >= 4 is 28.2 Å². The fourth-order valence-electron chi connectivity index (χ4n) is 4.23. The molecule has 1 aliphatic heterocycles. The molecule has 1 aromatic carbocycles. The summed E-state index contributed by atoms with van der Waals surface area (Å²) in [5.74, 6) is 0.270. The largest absolute Gasteiger partial charge is 0.391 e. The van der Waals surface area contributed by atoms with Gasteiger partial charge < -0.3 is 15.3 Å². The molecule has 0 bridgehead atoms. The lowest BCUT2D eigenvalue weighted by Gasteiger charge is -2.27. The lowest BCUT2D eigenvalue weighted by Crippen LogP contribution is -2.25. The van der Waals surface area contributed by atoms with Crippen LogP contribution in [0.15, 0.2) is 48.8 Å². The predicted molar refractivity (Wildman–Crippen MR) is 132 cm³/mol. The van der Waals surface area contributed by atoms with Gasteiger partial charge in [-0.05, 0) is 37.5 Å². The lowest BCUT2D eigenvalue weighted by molar-refractivity contribution is 0.282. The number of nitrogens with zero attached hydrogens (tertiary/aromatic N) is 6. The Labute approximate surface area is 205 Å². The summed E-state index contributed by atoms with van der Waals surface area (Å²) >= 11 is 1.19. The second-order valence-corrected chi connectivity index (χ2v) is 9.29. The van der Waals surface area contributed by atoms with Crippen LogP contribution in [0.5, 0.6) is 0 Å². The molecule has 3 aromatic heterocycles. The highest BCUT2D eigenvalue weighted by Gasteiger charge is 2.30. The number of aliphatic hydroxyl groups is 1. The minimum atomic E-state index is -0.599. The Bertz CT molecular complexity index is 1380. The first-order chi connectivity index (χ1) is 17.1. The number of hydrogen-bond donors (Lipinski definition) is 2. The van der Waals surface area contributed by atoms with Gasteiger partial charge in [-0.1, -0.05) is 41.2 Å². The Morgan fingerprint density at radius 3 is 2.69 bits per heavy atom. The first-order valence-corrected chi connectivity index (χ1v) is 12.0. The average molecular weight is 488 g/mol. The highest BCUT2D eigenvalue weighted by Crippen LogP contribution is 2.38. The van der Waals surface area contributed by atoms with Crippen molar-refractivity contribution in [2.45, 2.75) is 32.4 Å². The summed E-state index contributed by atoms with van der Waals surface area (Å²) < 4.78 is 13.5. The molecule has 5 rings (SSSR count). The van der Waals surface area contributed by atoms with Gasteiger partial charge in [0.25, 0.3) is 0 Å². The van der Waals surface area contributed by atoms with E-state index in [1.54, 1.807) is 6.07 Å². The highest BCUT2D eigenvalue weighted by atomic mass is 32.1. The van der Waals surface area contributed by atoms with Crippen molar-refractivity contribution in [3.8, 4) is 17.3 Å². The molecule has 0 radical (unpaired) electrons. The van der Waals surface area contributed by atoms with E-state index in [1.165, 1.54) is 40.9 Å². The maximum absolute atomic E-state index is 13.5. The number of nitriles is 1. The molecule has 4 aromatic rings. The number of hydrogen-bond acceptors (Lipinski definition) is 9. The predicted octanol–water partition coefficient (Wildman–Crippen LogP) is 4.89. The molecule has 1 fully saturated rings. The van der Waals surface area contributed by atoms with Gasteiger partial charge in [0.05, 0.1) is 24.5 Å². The van der Waals surface area contributed by atoms with Crippen LogP contribution in [-0.4, -0.2) is 31.6 Å². The minimum Gasteiger partial charge on any atom is -0.391 e. The molecule has 0 spiro atoms. The van der Waals surface area contributed by atoms with Crippen molar-refractivity contribution in [2.24, 2.45) is 0 Å². The molecule has 1 aliphatic rings. The third-order valence-electron chi connectivity index (χ3n) is 5.97. The number of thiazole rings is 1. The van der Waals surface area contributed by atoms with Gasteiger partial charge in [0.15, 0.2) is 5.13 Å². The quantitative estimate of drug-likeness (QED) is 0.370. The van der Waals surface area contributed by atoms with E-state index in [1.807, 2.05) is 0 Å². The van der Waals surface area contributed by atoms with Gasteiger partial charge in [-0.3, -0.25) is 0 Å². The normalized spacial score (nSPS) is 15.3. The summed E-state index contributed by atoms with van der Waals surface area (Å²) in [6, 6.07) is 13.5. The molecule has 1 saturated heterocycles. The number of benzene rings is 1. The van der Waals surface area contributed by atoms with Crippen LogP contribution in [-0.2, 0) is 6.61 Å².